The van der Waals surface area contributed by atoms with Crippen LogP contribution in [0.2, 0.25) is 0 Å². The highest BCUT2D eigenvalue weighted by atomic mass is 16.5. The Bertz CT molecular complexity index is 642. The van der Waals surface area contributed by atoms with E-state index < -0.39 is 5.97 Å². The van der Waals surface area contributed by atoms with E-state index in [9.17, 15) is 9.59 Å². The molecule has 0 saturated heterocycles. The molecule has 0 spiro atoms. The van der Waals surface area contributed by atoms with Gasteiger partial charge in [-0.25, -0.2) is 4.79 Å². The fourth-order valence-electron chi connectivity index (χ4n) is 1.82. The van der Waals surface area contributed by atoms with Gasteiger partial charge in [-0.2, -0.15) is 0 Å². The third-order valence-corrected chi connectivity index (χ3v) is 2.84. The maximum atomic E-state index is 12.4. The standard InChI is InChI=1S/C17H14O3/c1-20-16(18)12-11-13-7-5-6-10-15(13)17(19)14-8-3-2-4-9-14/h2-12H,1H3. The van der Waals surface area contributed by atoms with E-state index >= 15 is 0 Å². The van der Waals surface area contributed by atoms with Crippen LogP contribution in [0.25, 0.3) is 6.08 Å². The maximum absolute atomic E-state index is 12.4. The number of methoxy groups -OCH3 is 1. The first-order chi connectivity index (χ1) is 9.72. The van der Waals surface area contributed by atoms with Gasteiger partial charge in [0.05, 0.1) is 7.11 Å². The number of carbonyl (C=O) groups excluding carboxylic acids is 2. The molecule has 0 atom stereocenters. The average Bonchev–Trinajstić information content (AvgIpc) is 2.53. The lowest BCUT2D eigenvalue weighted by Gasteiger charge is -2.05. The van der Waals surface area contributed by atoms with Gasteiger partial charge in [0.2, 0.25) is 0 Å². The summed E-state index contributed by atoms with van der Waals surface area (Å²) < 4.78 is 4.55. The van der Waals surface area contributed by atoms with E-state index in [2.05, 4.69) is 4.74 Å². The molecule has 0 aliphatic rings. The third kappa shape index (κ3) is 3.20. The van der Waals surface area contributed by atoms with E-state index in [1.165, 1.54) is 13.2 Å². The Hall–Kier alpha value is -2.68. The Morgan fingerprint density at radius 3 is 2.30 bits per heavy atom. The zero-order chi connectivity index (χ0) is 14.4. The molecule has 100 valence electrons. The molecule has 0 bridgehead atoms. The van der Waals surface area contributed by atoms with Gasteiger partial charge in [-0.15, -0.1) is 0 Å². The molecule has 3 heteroatoms. The maximum Gasteiger partial charge on any atom is 0.330 e. The summed E-state index contributed by atoms with van der Waals surface area (Å²) in [6.45, 7) is 0. The Labute approximate surface area is 117 Å². The summed E-state index contributed by atoms with van der Waals surface area (Å²) in [6, 6.07) is 16.2. The first-order valence-corrected chi connectivity index (χ1v) is 6.17. The summed E-state index contributed by atoms with van der Waals surface area (Å²) in [4.78, 5) is 23.6. The van der Waals surface area contributed by atoms with Crippen molar-refractivity contribution in [3.05, 3.63) is 77.4 Å². The Kier molecular flexibility index (Phi) is 4.45. The quantitative estimate of drug-likeness (QED) is 0.485. The Morgan fingerprint density at radius 2 is 1.60 bits per heavy atom. The highest BCUT2D eigenvalue weighted by Crippen LogP contribution is 2.16. The van der Waals surface area contributed by atoms with Gasteiger partial charge in [0, 0.05) is 17.2 Å². The Balaban J connectivity index is 2.35. The van der Waals surface area contributed by atoms with Gasteiger partial charge in [0.25, 0.3) is 0 Å². The highest BCUT2D eigenvalue weighted by Gasteiger charge is 2.11. The van der Waals surface area contributed by atoms with Crippen molar-refractivity contribution in [3.8, 4) is 0 Å². The van der Waals surface area contributed by atoms with Crippen molar-refractivity contribution in [1.82, 2.24) is 0 Å². The van der Waals surface area contributed by atoms with Crippen molar-refractivity contribution in [2.75, 3.05) is 7.11 Å². The van der Waals surface area contributed by atoms with Gasteiger partial charge < -0.3 is 4.74 Å². The van der Waals surface area contributed by atoms with Crippen molar-refractivity contribution in [2.24, 2.45) is 0 Å². The minimum Gasteiger partial charge on any atom is -0.466 e. The molecule has 0 aliphatic carbocycles. The molecule has 0 saturated carbocycles. The second kappa shape index (κ2) is 6.48. The number of hydrogen-bond acceptors (Lipinski definition) is 3. The van der Waals surface area contributed by atoms with Crippen molar-refractivity contribution in [1.29, 1.82) is 0 Å². The molecule has 0 heterocycles. The number of carbonyl (C=O) groups is 2. The normalized spacial score (nSPS) is 10.4. The summed E-state index contributed by atoms with van der Waals surface area (Å²) in [7, 11) is 1.31. The topological polar surface area (TPSA) is 43.4 Å². The van der Waals surface area contributed by atoms with Gasteiger partial charge in [-0.3, -0.25) is 4.79 Å². The van der Waals surface area contributed by atoms with E-state index in [1.54, 1.807) is 36.4 Å². The molecule has 0 unspecified atom stereocenters. The van der Waals surface area contributed by atoms with Crippen LogP contribution in [-0.2, 0) is 9.53 Å². The first-order valence-electron chi connectivity index (χ1n) is 6.17. The predicted octanol–water partition coefficient (Wildman–Crippen LogP) is 3.10. The monoisotopic (exact) mass is 266 g/mol. The molecule has 3 nitrogen and oxygen atoms in total. The summed E-state index contributed by atoms with van der Waals surface area (Å²) in [5, 5.41) is 0. The number of benzene rings is 2. The molecule has 2 aromatic rings. The summed E-state index contributed by atoms with van der Waals surface area (Å²) in [6.07, 6.45) is 2.89. The molecule has 0 N–H and O–H groups in total. The molecule has 0 aliphatic heterocycles. The fraction of sp³-hybridized carbons (Fsp3) is 0.0588. The fourth-order valence-corrected chi connectivity index (χ4v) is 1.82. The minimum atomic E-state index is -0.452. The van der Waals surface area contributed by atoms with Gasteiger partial charge in [-0.1, -0.05) is 54.6 Å². The third-order valence-electron chi connectivity index (χ3n) is 2.84. The molecule has 0 fully saturated rings. The smallest absolute Gasteiger partial charge is 0.330 e. The molecule has 0 radical (unpaired) electrons. The Morgan fingerprint density at radius 1 is 0.950 bits per heavy atom. The van der Waals surface area contributed by atoms with Crippen LogP contribution >= 0.6 is 0 Å². The van der Waals surface area contributed by atoms with E-state index in [4.69, 9.17) is 0 Å². The first kappa shape index (κ1) is 13.7. The van der Waals surface area contributed by atoms with Crippen molar-refractivity contribution in [2.45, 2.75) is 0 Å². The van der Waals surface area contributed by atoms with Gasteiger partial charge in [-0.05, 0) is 11.6 Å². The number of rotatable bonds is 4. The van der Waals surface area contributed by atoms with E-state index in [-0.39, 0.29) is 5.78 Å². The van der Waals surface area contributed by atoms with Crippen molar-refractivity contribution < 1.29 is 14.3 Å². The molecular formula is C17H14O3. The van der Waals surface area contributed by atoms with E-state index in [0.29, 0.717) is 16.7 Å². The highest BCUT2D eigenvalue weighted by molar-refractivity contribution is 6.11. The number of esters is 1. The SMILES string of the molecule is COC(=O)C=Cc1ccccc1C(=O)c1ccccc1. The molecule has 0 aromatic heterocycles. The van der Waals surface area contributed by atoms with Crippen LogP contribution in [-0.4, -0.2) is 18.9 Å². The molecule has 0 amide bonds. The lowest BCUT2D eigenvalue weighted by atomic mass is 9.98. The van der Waals surface area contributed by atoms with Crippen LogP contribution in [0.15, 0.2) is 60.7 Å². The zero-order valence-electron chi connectivity index (χ0n) is 11.1. The van der Waals surface area contributed by atoms with Crippen LogP contribution in [0.4, 0.5) is 0 Å². The van der Waals surface area contributed by atoms with Crippen LogP contribution in [0.1, 0.15) is 21.5 Å². The van der Waals surface area contributed by atoms with Crippen molar-refractivity contribution >= 4 is 17.8 Å². The minimum absolute atomic E-state index is 0.0734. The van der Waals surface area contributed by atoms with Gasteiger partial charge in [0.1, 0.15) is 0 Å². The van der Waals surface area contributed by atoms with Gasteiger partial charge in [0.15, 0.2) is 5.78 Å². The van der Waals surface area contributed by atoms with Crippen LogP contribution in [0.3, 0.4) is 0 Å². The predicted molar refractivity (Wildman–Crippen MR) is 77.4 cm³/mol. The van der Waals surface area contributed by atoms with E-state index in [1.807, 2.05) is 24.3 Å². The van der Waals surface area contributed by atoms with E-state index in [0.717, 1.165) is 0 Å². The van der Waals surface area contributed by atoms with Crippen LogP contribution < -0.4 is 0 Å². The zero-order valence-corrected chi connectivity index (χ0v) is 11.1. The van der Waals surface area contributed by atoms with Crippen LogP contribution in [0.5, 0.6) is 0 Å². The molecular weight excluding hydrogens is 252 g/mol. The number of ether oxygens (including phenoxy) is 1. The second-order valence-corrected chi connectivity index (χ2v) is 4.14. The summed E-state index contributed by atoms with van der Waals surface area (Å²) >= 11 is 0. The molecule has 20 heavy (non-hydrogen) atoms. The number of hydrogen-bond donors (Lipinski definition) is 0. The van der Waals surface area contributed by atoms with Crippen LogP contribution in [0, 0.1) is 0 Å². The second-order valence-electron chi connectivity index (χ2n) is 4.14. The van der Waals surface area contributed by atoms with Gasteiger partial charge >= 0.3 is 5.97 Å². The molecule has 2 rings (SSSR count). The lowest BCUT2D eigenvalue weighted by molar-refractivity contribution is -0.134. The van der Waals surface area contributed by atoms with Crippen molar-refractivity contribution in [3.63, 3.8) is 0 Å². The number of ketones is 1. The largest absolute Gasteiger partial charge is 0.466 e. The molecule has 2 aromatic carbocycles. The average molecular weight is 266 g/mol. The summed E-state index contributed by atoms with van der Waals surface area (Å²) in [5.74, 6) is -0.525. The summed E-state index contributed by atoms with van der Waals surface area (Å²) in [5.41, 5.74) is 1.86. The lowest BCUT2D eigenvalue weighted by Crippen LogP contribution is -2.03.